The number of amides is 1. The summed E-state index contributed by atoms with van der Waals surface area (Å²) in [4.78, 5) is 14.7. The molecule has 158 valence electrons. The first-order valence-corrected chi connectivity index (χ1v) is 11.7. The van der Waals surface area contributed by atoms with E-state index in [1.54, 1.807) is 11.0 Å². The number of hydrogen-bond acceptors (Lipinski definition) is 3. The summed E-state index contributed by atoms with van der Waals surface area (Å²) in [6.07, 6.45) is 0. The van der Waals surface area contributed by atoms with Crippen LogP contribution in [0, 0.1) is 13.8 Å². The van der Waals surface area contributed by atoms with Crippen LogP contribution in [0.1, 0.15) is 41.6 Å². The lowest BCUT2D eigenvalue weighted by Crippen LogP contribution is -2.50. The Morgan fingerprint density at radius 1 is 1.03 bits per heavy atom. The van der Waals surface area contributed by atoms with Gasteiger partial charge in [0, 0.05) is 43.6 Å². The van der Waals surface area contributed by atoms with E-state index in [1.807, 2.05) is 19.9 Å². The average Bonchev–Trinajstić information content (AvgIpc) is 2.95. The minimum Gasteiger partial charge on any atom is -0.346 e. The van der Waals surface area contributed by atoms with Crippen LogP contribution in [0.5, 0.6) is 0 Å². The molecule has 0 N–H and O–H groups in total. The Kier molecular flexibility index (Phi) is 6.34. The molecule has 2 heterocycles. The van der Waals surface area contributed by atoms with Gasteiger partial charge in [-0.25, -0.2) is 8.42 Å². The van der Waals surface area contributed by atoms with E-state index in [9.17, 15) is 13.2 Å². The third kappa shape index (κ3) is 4.06. The highest BCUT2D eigenvalue weighted by molar-refractivity contribution is 7.89. The smallest absolute Gasteiger partial charge is 0.255 e. The molecule has 9 heteroatoms. The average molecular weight is 458 g/mol. The van der Waals surface area contributed by atoms with Crippen LogP contribution in [0.25, 0.3) is 0 Å². The zero-order valence-electron chi connectivity index (χ0n) is 16.9. The molecule has 1 saturated heterocycles. The van der Waals surface area contributed by atoms with Crippen molar-refractivity contribution in [3.63, 3.8) is 0 Å². The third-order valence-corrected chi connectivity index (χ3v) is 8.13. The molecule has 1 aromatic heterocycles. The van der Waals surface area contributed by atoms with Gasteiger partial charge in [0.15, 0.2) is 0 Å². The van der Waals surface area contributed by atoms with E-state index in [2.05, 4.69) is 18.4 Å². The van der Waals surface area contributed by atoms with Gasteiger partial charge in [0.25, 0.3) is 5.91 Å². The van der Waals surface area contributed by atoms with Crippen molar-refractivity contribution in [2.24, 2.45) is 0 Å². The molecular weight excluding hydrogens is 433 g/mol. The minimum atomic E-state index is -3.83. The Morgan fingerprint density at radius 3 is 2.07 bits per heavy atom. The molecule has 0 aliphatic carbocycles. The van der Waals surface area contributed by atoms with Gasteiger partial charge >= 0.3 is 0 Å². The molecule has 0 radical (unpaired) electrons. The molecule has 0 bridgehead atoms. The maximum atomic E-state index is 13.0. The van der Waals surface area contributed by atoms with Crippen LogP contribution < -0.4 is 0 Å². The third-order valence-electron chi connectivity index (χ3n) is 5.27. The number of sulfonamides is 1. The molecule has 6 nitrogen and oxygen atoms in total. The van der Waals surface area contributed by atoms with Gasteiger partial charge in [0.2, 0.25) is 10.0 Å². The zero-order valence-corrected chi connectivity index (χ0v) is 19.3. The number of carbonyl (C=O) groups excluding carboxylic acids is 1. The minimum absolute atomic E-state index is 0.0715. The summed E-state index contributed by atoms with van der Waals surface area (Å²) in [6.45, 7) is 9.10. The van der Waals surface area contributed by atoms with Crippen LogP contribution in [-0.4, -0.2) is 54.3 Å². The van der Waals surface area contributed by atoms with E-state index < -0.39 is 10.0 Å². The van der Waals surface area contributed by atoms with E-state index in [0.717, 1.165) is 11.4 Å². The quantitative estimate of drug-likeness (QED) is 0.692. The van der Waals surface area contributed by atoms with Gasteiger partial charge in [0.05, 0.1) is 15.6 Å². The van der Waals surface area contributed by atoms with Gasteiger partial charge in [-0.3, -0.25) is 4.79 Å². The summed E-state index contributed by atoms with van der Waals surface area (Å²) < 4.78 is 29.5. The summed E-state index contributed by atoms with van der Waals surface area (Å²) in [7, 11) is -3.83. The molecule has 29 heavy (non-hydrogen) atoms. The summed E-state index contributed by atoms with van der Waals surface area (Å²) >= 11 is 12.2. The number of rotatable bonds is 4. The first kappa shape index (κ1) is 22.2. The van der Waals surface area contributed by atoms with E-state index in [1.165, 1.54) is 16.4 Å². The van der Waals surface area contributed by atoms with Crippen LogP contribution >= 0.6 is 23.2 Å². The monoisotopic (exact) mass is 457 g/mol. The predicted molar refractivity (Wildman–Crippen MR) is 115 cm³/mol. The van der Waals surface area contributed by atoms with Gasteiger partial charge in [-0.1, -0.05) is 29.3 Å². The van der Waals surface area contributed by atoms with Crippen molar-refractivity contribution in [1.82, 2.24) is 13.8 Å². The van der Waals surface area contributed by atoms with Gasteiger partial charge in [-0.2, -0.15) is 4.31 Å². The standard InChI is InChI=1S/C20H25Cl2N3O3S/c1-13(2)25-14(3)12-16(15(25)4)20(26)23-8-10-24(11-9-23)29(27,28)19-17(21)6-5-7-18(19)22/h5-7,12-13H,8-11H2,1-4H3. The summed E-state index contributed by atoms with van der Waals surface area (Å²) in [5, 5.41) is 0.189. The fraction of sp³-hybridized carbons (Fsp3) is 0.450. The molecule has 3 rings (SSSR count). The van der Waals surface area contributed by atoms with Crippen molar-refractivity contribution >= 4 is 39.1 Å². The van der Waals surface area contributed by atoms with Crippen molar-refractivity contribution < 1.29 is 13.2 Å². The first-order valence-electron chi connectivity index (χ1n) is 9.47. The van der Waals surface area contributed by atoms with Gasteiger partial charge in [0.1, 0.15) is 4.90 Å². The van der Waals surface area contributed by atoms with Crippen molar-refractivity contribution in [1.29, 1.82) is 0 Å². The predicted octanol–water partition coefficient (Wildman–Crippen LogP) is 4.14. The van der Waals surface area contributed by atoms with E-state index in [-0.39, 0.29) is 40.0 Å². The molecular formula is C20H25Cl2N3O3S. The molecule has 2 aromatic rings. The van der Waals surface area contributed by atoms with Gasteiger partial charge < -0.3 is 9.47 Å². The molecule has 1 aliphatic rings. The number of aromatic nitrogens is 1. The molecule has 0 atom stereocenters. The number of nitrogens with zero attached hydrogens (tertiary/aromatic N) is 3. The van der Waals surface area contributed by atoms with Crippen LogP contribution in [0.15, 0.2) is 29.2 Å². The lowest BCUT2D eigenvalue weighted by atomic mass is 10.2. The Labute approximate surface area is 182 Å². The number of hydrogen-bond donors (Lipinski definition) is 0. The van der Waals surface area contributed by atoms with Gasteiger partial charge in [-0.05, 0) is 45.9 Å². The topological polar surface area (TPSA) is 62.6 Å². The highest BCUT2D eigenvalue weighted by Gasteiger charge is 2.33. The highest BCUT2D eigenvalue weighted by atomic mass is 35.5. The molecule has 1 fully saturated rings. The number of benzene rings is 1. The number of piperazine rings is 1. The second kappa shape index (κ2) is 8.30. The van der Waals surface area contributed by atoms with E-state index in [0.29, 0.717) is 18.7 Å². The molecule has 1 aliphatic heterocycles. The molecule has 0 saturated carbocycles. The Hall–Kier alpha value is -1.54. The second-order valence-corrected chi connectivity index (χ2v) is 10.2. The normalized spacial score (nSPS) is 15.9. The Bertz CT molecular complexity index is 1020. The summed E-state index contributed by atoms with van der Waals surface area (Å²) in [5.74, 6) is -0.0715. The van der Waals surface area contributed by atoms with E-state index >= 15 is 0 Å². The lowest BCUT2D eigenvalue weighted by Gasteiger charge is -2.34. The van der Waals surface area contributed by atoms with E-state index in [4.69, 9.17) is 23.2 Å². The molecule has 0 spiro atoms. The highest BCUT2D eigenvalue weighted by Crippen LogP contribution is 2.32. The number of halogens is 2. The Balaban J connectivity index is 1.77. The van der Waals surface area contributed by atoms with Crippen molar-refractivity contribution in [2.45, 2.75) is 38.6 Å². The summed E-state index contributed by atoms with van der Waals surface area (Å²) in [5.41, 5.74) is 2.64. The number of carbonyl (C=O) groups is 1. The summed E-state index contributed by atoms with van der Waals surface area (Å²) in [6, 6.07) is 6.78. The van der Waals surface area contributed by atoms with Crippen molar-refractivity contribution in [3.8, 4) is 0 Å². The number of aryl methyl sites for hydroxylation is 1. The SMILES string of the molecule is Cc1cc(C(=O)N2CCN(S(=O)(=O)c3c(Cl)cccc3Cl)CC2)c(C)n1C(C)C. The van der Waals surface area contributed by atoms with Crippen LogP contribution in [0.2, 0.25) is 10.0 Å². The fourth-order valence-corrected chi connectivity index (χ4v) is 6.46. The first-order chi connectivity index (χ1) is 13.6. The van der Waals surface area contributed by atoms with Gasteiger partial charge in [-0.15, -0.1) is 0 Å². The molecule has 1 amide bonds. The molecule has 1 aromatic carbocycles. The second-order valence-electron chi connectivity index (χ2n) is 7.50. The van der Waals surface area contributed by atoms with Crippen LogP contribution in [-0.2, 0) is 10.0 Å². The fourth-order valence-electron chi connectivity index (χ4n) is 3.95. The zero-order chi connectivity index (χ0) is 21.5. The largest absolute Gasteiger partial charge is 0.346 e. The van der Waals surface area contributed by atoms with Crippen molar-refractivity contribution in [3.05, 3.63) is 51.3 Å². The Morgan fingerprint density at radius 2 is 1.59 bits per heavy atom. The van der Waals surface area contributed by atoms with Crippen molar-refractivity contribution in [2.75, 3.05) is 26.2 Å². The van der Waals surface area contributed by atoms with Crippen LogP contribution in [0.4, 0.5) is 0 Å². The van der Waals surface area contributed by atoms with Crippen LogP contribution in [0.3, 0.4) is 0 Å². The molecule has 0 unspecified atom stereocenters. The maximum absolute atomic E-state index is 13.0. The lowest BCUT2D eigenvalue weighted by molar-refractivity contribution is 0.0697. The maximum Gasteiger partial charge on any atom is 0.255 e.